The Balaban J connectivity index is 2.27. The van der Waals surface area contributed by atoms with Crippen molar-refractivity contribution in [3.63, 3.8) is 0 Å². The van der Waals surface area contributed by atoms with Gasteiger partial charge in [-0.15, -0.1) is 0 Å². The largest absolute Gasteiger partial charge is 0.493 e. The lowest BCUT2D eigenvalue weighted by Crippen LogP contribution is -2.19. The molecule has 2 aromatic carbocycles. The standard InChI is InChI=1S/C17H20N2O6S/c1-18-26(21,22)13-7-5-11(6-8-13)17(20)19-12-9-14(23-2)16(25-4)15(10-12)24-3/h5-10,18H,1-4H3,(H,19,20). The fourth-order valence-electron chi connectivity index (χ4n) is 2.26. The molecule has 140 valence electrons. The zero-order valence-corrected chi connectivity index (χ0v) is 15.6. The summed E-state index contributed by atoms with van der Waals surface area (Å²) in [5.74, 6) is 0.803. The van der Waals surface area contributed by atoms with Gasteiger partial charge in [-0.05, 0) is 31.3 Å². The van der Waals surface area contributed by atoms with E-state index in [1.807, 2.05) is 0 Å². The van der Waals surface area contributed by atoms with Gasteiger partial charge in [0.15, 0.2) is 11.5 Å². The molecule has 0 heterocycles. The van der Waals surface area contributed by atoms with Crippen molar-refractivity contribution in [3.05, 3.63) is 42.0 Å². The van der Waals surface area contributed by atoms with Gasteiger partial charge >= 0.3 is 0 Å². The average molecular weight is 380 g/mol. The molecular weight excluding hydrogens is 360 g/mol. The van der Waals surface area contributed by atoms with E-state index in [1.165, 1.54) is 52.6 Å². The van der Waals surface area contributed by atoms with Crippen molar-refractivity contribution in [1.82, 2.24) is 4.72 Å². The summed E-state index contributed by atoms with van der Waals surface area (Å²) in [5.41, 5.74) is 0.741. The molecule has 0 aliphatic carbocycles. The van der Waals surface area contributed by atoms with E-state index < -0.39 is 15.9 Å². The fourth-order valence-corrected chi connectivity index (χ4v) is 2.99. The molecule has 1 amide bonds. The van der Waals surface area contributed by atoms with Crippen molar-refractivity contribution in [3.8, 4) is 17.2 Å². The number of ether oxygens (including phenoxy) is 3. The van der Waals surface area contributed by atoms with Gasteiger partial charge in [-0.2, -0.15) is 0 Å². The smallest absolute Gasteiger partial charge is 0.255 e. The molecule has 0 saturated heterocycles. The second kappa shape index (κ2) is 8.07. The molecule has 0 atom stereocenters. The summed E-state index contributed by atoms with van der Waals surface area (Å²) in [7, 11) is 2.20. The maximum Gasteiger partial charge on any atom is 0.255 e. The Hall–Kier alpha value is -2.78. The van der Waals surface area contributed by atoms with Crippen LogP contribution in [0.2, 0.25) is 0 Å². The number of rotatable bonds is 7. The molecule has 0 bridgehead atoms. The molecule has 0 saturated carbocycles. The van der Waals surface area contributed by atoms with Crippen LogP contribution in [0.15, 0.2) is 41.3 Å². The second-order valence-corrected chi connectivity index (χ2v) is 6.99. The molecule has 2 N–H and O–H groups in total. The third-order valence-electron chi connectivity index (χ3n) is 3.62. The Kier molecular flexibility index (Phi) is 6.06. The van der Waals surface area contributed by atoms with E-state index in [1.54, 1.807) is 12.1 Å². The zero-order valence-electron chi connectivity index (χ0n) is 14.8. The maximum atomic E-state index is 12.4. The summed E-state index contributed by atoms with van der Waals surface area (Å²) >= 11 is 0. The first-order chi connectivity index (χ1) is 12.4. The van der Waals surface area contributed by atoms with E-state index in [0.29, 0.717) is 28.5 Å². The lowest BCUT2D eigenvalue weighted by Gasteiger charge is -2.14. The van der Waals surface area contributed by atoms with Crippen LogP contribution in [0, 0.1) is 0 Å². The number of anilines is 1. The number of sulfonamides is 1. The van der Waals surface area contributed by atoms with Gasteiger partial charge in [0.05, 0.1) is 26.2 Å². The highest BCUT2D eigenvalue weighted by Gasteiger charge is 2.16. The number of amides is 1. The van der Waals surface area contributed by atoms with E-state index >= 15 is 0 Å². The molecule has 8 nitrogen and oxygen atoms in total. The van der Waals surface area contributed by atoms with Gasteiger partial charge in [0.1, 0.15) is 0 Å². The molecule has 9 heteroatoms. The quantitative estimate of drug-likeness (QED) is 0.760. The highest BCUT2D eigenvalue weighted by atomic mass is 32.2. The van der Waals surface area contributed by atoms with Crippen LogP contribution >= 0.6 is 0 Å². The number of carbonyl (C=O) groups excluding carboxylic acids is 1. The van der Waals surface area contributed by atoms with Gasteiger partial charge < -0.3 is 19.5 Å². The number of hydrogen-bond acceptors (Lipinski definition) is 6. The van der Waals surface area contributed by atoms with Crippen molar-refractivity contribution in [2.75, 3.05) is 33.7 Å². The number of carbonyl (C=O) groups is 1. The van der Waals surface area contributed by atoms with Gasteiger partial charge in [0.25, 0.3) is 5.91 Å². The first-order valence-corrected chi connectivity index (χ1v) is 8.99. The van der Waals surface area contributed by atoms with Crippen molar-refractivity contribution >= 4 is 21.6 Å². The summed E-state index contributed by atoms with van der Waals surface area (Å²) in [5, 5.41) is 2.71. The minimum absolute atomic E-state index is 0.0735. The van der Waals surface area contributed by atoms with Gasteiger partial charge in [0, 0.05) is 23.4 Å². The van der Waals surface area contributed by atoms with Crippen molar-refractivity contribution in [1.29, 1.82) is 0 Å². The van der Waals surface area contributed by atoms with E-state index in [4.69, 9.17) is 14.2 Å². The lowest BCUT2D eigenvalue weighted by molar-refractivity contribution is 0.102. The van der Waals surface area contributed by atoms with E-state index in [2.05, 4.69) is 10.0 Å². The molecular formula is C17H20N2O6S. The summed E-state index contributed by atoms with van der Waals surface area (Å²) in [6.45, 7) is 0. The molecule has 0 aromatic heterocycles. The number of methoxy groups -OCH3 is 3. The van der Waals surface area contributed by atoms with Crippen LogP contribution < -0.4 is 24.2 Å². The highest BCUT2D eigenvalue weighted by Crippen LogP contribution is 2.40. The average Bonchev–Trinajstić information content (AvgIpc) is 2.67. The molecule has 26 heavy (non-hydrogen) atoms. The molecule has 2 aromatic rings. The zero-order chi connectivity index (χ0) is 19.3. The number of hydrogen-bond donors (Lipinski definition) is 2. The third-order valence-corrected chi connectivity index (χ3v) is 5.05. The lowest BCUT2D eigenvalue weighted by atomic mass is 10.2. The first kappa shape index (κ1) is 19.5. The topological polar surface area (TPSA) is 103 Å². The fraction of sp³-hybridized carbons (Fsp3) is 0.235. The van der Waals surface area contributed by atoms with E-state index in [0.717, 1.165) is 0 Å². The molecule has 0 aliphatic heterocycles. The Bertz CT molecular complexity index is 869. The summed E-state index contributed by atoms with van der Waals surface area (Å²) in [4.78, 5) is 12.5. The van der Waals surface area contributed by atoms with Gasteiger partial charge in [-0.1, -0.05) is 0 Å². The summed E-state index contributed by atoms with van der Waals surface area (Å²) in [6.07, 6.45) is 0. The van der Waals surface area contributed by atoms with Crippen LogP contribution in [-0.4, -0.2) is 42.7 Å². The Morgan fingerprint density at radius 1 is 0.923 bits per heavy atom. The predicted octanol–water partition coefficient (Wildman–Crippen LogP) is 1.87. The van der Waals surface area contributed by atoms with Gasteiger partial charge in [0.2, 0.25) is 15.8 Å². The van der Waals surface area contributed by atoms with E-state index in [9.17, 15) is 13.2 Å². The number of benzene rings is 2. The van der Waals surface area contributed by atoms with Crippen molar-refractivity contribution in [2.45, 2.75) is 4.90 Å². The van der Waals surface area contributed by atoms with Crippen LogP contribution in [0.4, 0.5) is 5.69 Å². The Morgan fingerprint density at radius 2 is 1.46 bits per heavy atom. The van der Waals surface area contributed by atoms with Crippen LogP contribution in [-0.2, 0) is 10.0 Å². The normalized spacial score (nSPS) is 10.9. The maximum absolute atomic E-state index is 12.4. The van der Waals surface area contributed by atoms with Crippen LogP contribution in [0.25, 0.3) is 0 Å². The molecule has 0 unspecified atom stereocenters. The minimum atomic E-state index is -3.55. The van der Waals surface area contributed by atoms with E-state index in [-0.39, 0.29) is 4.90 Å². The monoisotopic (exact) mass is 380 g/mol. The molecule has 0 radical (unpaired) electrons. The third kappa shape index (κ3) is 4.06. The summed E-state index contributed by atoms with van der Waals surface area (Å²) in [6, 6.07) is 8.76. The van der Waals surface area contributed by atoms with Gasteiger partial charge in [-0.25, -0.2) is 13.1 Å². The van der Waals surface area contributed by atoms with Crippen LogP contribution in [0.5, 0.6) is 17.2 Å². The minimum Gasteiger partial charge on any atom is -0.493 e. The second-order valence-electron chi connectivity index (χ2n) is 5.10. The molecule has 0 fully saturated rings. The first-order valence-electron chi connectivity index (χ1n) is 7.51. The SMILES string of the molecule is CNS(=O)(=O)c1ccc(C(=O)Nc2cc(OC)c(OC)c(OC)c2)cc1. The Morgan fingerprint density at radius 3 is 1.88 bits per heavy atom. The van der Waals surface area contributed by atoms with Crippen LogP contribution in [0.3, 0.4) is 0 Å². The molecule has 0 spiro atoms. The van der Waals surface area contributed by atoms with Crippen molar-refractivity contribution in [2.24, 2.45) is 0 Å². The molecule has 2 rings (SSSR count). The van der Waals surface area contributed by atoms with Crippen LogP contribution in [0.1, 0.15) is 10.4 Å². The molecule has 0 aliphatic rings. The Labute approximate surface area is 152 Å². The number of nitrogens with one attached hydrogen (secondary N) is 2. The van der Waals surface area contributed by atoms with Crippen molar-refractivity contribution < 1.29 is 27.4 Å². The highest BCUT2D eigenvalue weighted by molar-refractivity contribution is 7.89. The summed E-state index contributed by atoms with van der Waals surface area (Å²) < 4.78 is 41.4. The van der Waals surface area contributed by atoms with Gasteiger partial charge in [-0.3, -0.25) is 4.79 Å². The predicted molar refractivity (Wildman–Crippen MR) is 96.7 cm³/mol.